The van der Waals surface area contributed by atoms with Gasteiger partial charge in [-0.1, -0.05) is 0 Å². The molecular formula is C11H15FN4O9P2. The van der Waals surface area contributed by atoms with Crippen molar-refractivity contribution in [1.29, 1.82) is 0 Å². The second-order valence-corrected chi connectivity index (χ2v) is 8.55. The van der Waals surface area contributed by atoms with E-state index >= 15 is 0 Å². The van der Waals surface area contributed by atoms with E-state index in [0.717, 1.165) is 0 Å². The Morgan fingerprint density at radius 3 is 2.85 bits per heavy atom. The van der Waals surface area contributed by atoms with E-state index < -0.39 is 39.9 Å². The van der Waals surface area contributed by atoms with Crippen LogP contribution in [0.25, 0.3) is 11.0 Å². The number of rotatable bonds is 6. The highest BCUT2D eigenvalue weighted by atomic mass is 31.3. The zero-order valence-electron chi connectivity index (χ0n) is 13.4. The van der Waals surface area contributed by atoms with Gasteiger partial charge in [0, 0.05) is 12.6 Å². The lowest BCUT2D eigenvalue weighted by Crippen LogP contribution is -2.28. The molecule has 0 saturated carbocycles. The number of nitrogens with zero attached hydrogens (tertiary/aromatic N) is 2. The highest BCUT2D eigenvalue weighted by molar-refractivity contribution is 7.60. The van der Waals surface area contributed by atoms with Gasteiger partial charge in [-0.3, -0.25) is 14.3 Å². The monoisotopic (exact) mass is 428 g/mol. The molecule has 16 heteroatoms. The summed E-state index contributed by atoms with van der Waals surface area (Å²) >= 11 is 0. The summed E-state index contributed by atoms with van der Waals surface area (Å²) in [6.45, 7) is -1.12. The van der Waals surface area contributed by atoms with Gasteiger partial charge in [-0.05, 0) is 12.5 Å². The molecule has 13 nitrogen and oxygen atoms in total. The number of ether oxygens (including phenoxy) is 1. The summed E-state index contributed by atoms with van der Waals surface area (Å²) in [6, 6.07) is 1.44. The van der Waals surface area contributed by atoms with Crippen molar-refractivity contribution < 1.29 is 41.8 Å². The summed E-state index contributed by atoms with van der Waals surface area (Å²) in [4.78, 5) is 44.4. The molecule has 27 heavy (non-hydrogen) atoms. The molecule has 150 valence electrons. The third kappa shape index (κ3) is 4.62. The lowest BCUT2D eigenvalue weighted by molar-refractivity contribution is -0.173. The Balaban J connectivity index is 1.74. The van der Waals surface area contributed by atoms with Gasteiger partial charge in [-0.2, -0.15) is 9.29 Å². The number of anilines is 1. The molecule has 1 aliphatic heterocycles. The minimum Gasteiger partial charge on any atom is -0.369 e. The van der Waals surface area contributed by atoms with Gasteiger partial charge in [0.05, 0.1) is 5.39 Å². The standard InChI is InChI=1S/C11H15FN4O9P2/c12-11(5-23-27(21,22)25-26(18,19)20)3-1-7(24-11)16-4-2-6-8(16)14-10(13)15-9(6)17/h2,4,7H,1,3,5H2,(H,21,22)(H2,18,19,20)(H3,13,14,15,17)/t7-,11+/m1/s1. The number of phosphoric ester groups is 1. The average molecular weight is 428 g/mol. The van der Waals surface area contributed by atoms with Crippen molar-refractivity contribution in [3.8, 4) is 0 Å². The van der Waals surface area contributed by atoms with Gasteiger partial charge >= 0.3 is 15.6 Å². The number of phosphoric acid groups is 2. The Labute approximate surface area is 149 Å². The van der Waals surface area contributed by atoms with Gasteiger partial charge in [0.2, 0.25) is 11.8 Å². The number of nitrogens with two attached hydrogens (primary N) is 1. The van der Waals surface area contributed by atoms with Gasteiger partial charge in [0.1, 0.15) is 12.8 Å². The zero-order chi connectivity index (χ0) is 20.0. The smallest absolute Gasteiger partial charge is 0.369 e. The second-order valence-electron chi connectivity index (χ2n) is 5.72. The summed E-state index contributed by atoms with van der Waals surface area (Å²) < 4.78 is 51.2. The normalized spacial score (nSPS) is 25.7. The Bertz CT molecular complexity index is 1020. The molecule has 3 rings (SSSR count). The number of alkyl halides is 1. The van der Waals surface area contributed by atoms with Crippen LogP contribution < -0.4 is 11.3 Å². The maximum absolute atomic E-state index is 14.7. The fourth-order valence-corrected chi connectivity index (χ4v) is 4.25. The van der Waals surface area contributed by atoms with E-state index in [1.807, 2.05) is 0 Å². The Hall–Kier alpha value is -1.63. The molecular weight excluding hydrogens is 413 g/mol. The molecule has 1 fully saturated rings. The van der Waals surface area contributed by atoms with Gasteiger partial charge in [-0.25, -0.2) is 13.5 Å². The Morgan fingerprint density at radius 1 is 1.48 bits per heavy atom. The third-order valence-electron chi connectivity index (χ3n) is 3.67. The summed E-state index contributed by atoms with van der Waals surface area (Å²) in [6.07, 6.45) is 0.335. The number of hydrogen-bond acceptors (Lipinski definition) is 8. The molecule has 0 aromatic carbocycles. The molecule has 0 bridgehead atoms. The molecule has 3 atom stereocenters. The molecule has 1 aliphatic rings. The van der Waals surface area contributed by atoms with Crippen LogP contribution >= 0.6 is 15.6 Å². The van der Waals surface area contributed by atoms with E-state index in [0.29, 0.717) is 0 Å². The van der Waals surface area contributed by atoms with Crippen LogP contribution in [0.2, 0.25) is 0 Å². The number of nitrogen functional groups attached to an aromatic ring is 1. The van der Waals surface area contributed by atoms with Crippen LogP contribution in [0.5, 0.6) is 0 Å². The number of aromatic amines is 1. The van der Waals surface area contributed by atoms with E-state index in [4.69, 9.17) is 20.3 Å². The van der Waals surface area contributed by atoms with Crippen molar-refractivity contribution in [2.24, 2.45) is 0 Å². The molecule has 0 spiro atoms. The van der Waals surface area contributed by atoms with Gasteiger partial charge in [0.15, 0.2) is 5.65 Å². The van der Waals surface area contributed by atoms with Crippen LogP contribution in [0.3, 0.4) is 0 Å². The van der Waals surface area contributed by atoms with E-state index in [1.165, 1.54) is 16.8 Å². The zero-order valence-corrected chi connectivity index (χ0v) is 15.2. The average Bonchev–Trinajstić information content (AvgIpc) is 3.07. The number of hydrogen-bond donors (Lipinski definition) is 5. The van der Waals surface area contributed by atoms with Crippen molar-refractivity contribution in [3.63, 3.8) is 0 Å². The number of nitrogens with one attached hydrogen (secondary N) is 1. The molecule has 1 saturated heterocycles. The van der Waals surface area contributed by atoms with E-state index in [9.17, 15) is 23.2 Å². The maximum Gasteiger partial charge on any atom is 0.481 e. The number of aromatic nitrogens is 3. The van der Waals surface area contributed by atoms with Gasteiger partial charge < -0.3 is 29.7 Å². The van der Waals surface area contributed by atoms with Crippen molar-refractivity contribution in [2.45, 2.75) is 24.9 Å². The Morgan fingerprint density at radius 2 is 2.19 bits per heavy atom. The second kappa shape index (κ2) is 6.76. The minimum atomic E-state index is -5.32. The fraction of sp³-hybridized carbons (Fsp3) is 0.455. The summed E-state index contributed by atoms with van der Waals surface area (Å²) in [5, 5.41) is 0.204. The summed E-state index contributed by atoms with van der Waals surface area (Å²) in [7, 11) is -10.5. The van der Waals surface area contributed by atoms with Crippen LogP contribution in [0.15, 0.2) is 17.1 Å². The number of halogens is 1. The van der Waals surface area contributed by atoms with Gasteiger partial charge in [0.25, 0.3) is 5.56 Å². The first-order valence-corrected chi connectivity index (χ1v) is 10.4. The number of H-pyrrole nitrogens is 1. The SMILES string of the molecule is Nc1nc2c(ccn2[C@H]2CC[C@@](F)(COP(=O)(O)OP(=O)(O)O)O2)c(=O)[nH]1. The first-order valence-electron chi connectivity index (χ1n) is 7.35. The van der Waals surface area contributed by atoms with Crippen molar-refractivity contribution in [3.05, 3.63) is 22.6 Å². The van der Waals surface area contributed by atoms with E-state index in [1.54, 1.807) is 0 Å². The molecule has 3 heterocycles. The van der Waals surface area contributed by atoms with Crippen molar-refractivity contribution in [2.75, 3.05) is 12.3 Å². The van der Waals surface area contributed by atoms with E-state index in [2.05, 4.69) is 18.8 Å². The minimum absolute atomic E-state index is 0.0904. The first-order chi connectivity index (χ1) is 12.4. The predicted octanol–water partition coefficient (Wildman–Crippen LogP) is 0.508. The Kier molecular flexibility index (Phi) is 5.04. The van der Waals surface area contributed by atoms with Crippen LogP contribution in [-0.4, -0.2) is 41.7 Å². The maximum atomic E-state index is 14.7. The molecule has 2 aromatic heterocycles. The number of fused-ring (bicyclic) bond motifs is 1. The quantitative estimate of drug-likeness (QED) is 0.402. The molecule has 0 aliphatic carbocycles. The van der Waals surface area contributed by atoms with Crippen LogP contribution in [0.4, 0.5) is 10.3 Å². The third-order valence-corrected chi connectivity index (χ3v) is 5.81. The fourth-order valence-electron chi connectivity index (χ4n) is 2.63. The van der Waals surface area contributed by atoms with Crippen molar-refractivity contribution in [1.82, 2.24) is 14.5 Å². The van der Waals surface area contributed by atoms with E-state index in [-0.39, 0.29) is 29.8 Å². The summed E-state index contributed by atoms with van der Waals surface area (Å²) in [5.74, 6) is -2.68. The highest BCUT2D eigenvalue weighted by Crippen LogP contribution is 2.58. The summed E-state index contributed by atoms with van der Waals surface area (Å²) in [5.41, 5.74) is 5.17. The first kappa shape index (κ1) is 20.1. The molecule has 2 aromatic rings. The predicted molar refractivity (Wildman–Crippen MR) is 86.9 cm³/mol. The lowest BCUT2D eigenvalue weighted by Gasteiger charge is -2.22. The molecule has 0 amide bonds. The van der Waals surface area contributed by atoms with Crippen LogP contribution in [-0.2, 0) is 22.7 Å². The largest absolute Gasteiger partial charge is 0.481 e. The molecule has 6 N–H and O–H groups in total. The van der Waals surface area contributed by atoms with Crippen LogP contribution in [0.1, 0.15) is 19.1 Å². The molecule has 1 unspecified atom stereocenters. The lowest BCUT2D eigenvalue weighted by atomic mass is 10.2. The van der Waals surface area contributed by atoms with Gasteiger partial charge in [-0.15, -0.1) is 0 Å². The van der Waals surface area contributed by atoms with Crippen molar-refractivity contribution >= 4 is 32.6 Å². The highest BCUT2D eigenvalue weighted by Gasteiger charge is 2.45. The topological polar surface area (TPSA) is 199 Å². The molecule has 0 radical (unpaired) electrons. The van der Waals surface area contributed by atoms with Crippen LogP contribution in [0, 0.1) is 0 Å².